The SMILES string of the molecule is [C-]#[N+]c1ccc2c(c1)[C@@H]1[C@H](CO2)[C@H]1c1c[nH]cn1. The maximum Gasteiger partial charge on any atom is 0.187 e. The van der Waals surface area contributed by atoms with Crippen LogP contribution >= 0.6 is 0 Å². The van der Waals surface area contributed by atoms with Gasteiger partial charge in [-0.15, -0.1) is 0 Å². The smallest absolute Gasteiger partial charge is 0.187 e. The number of nitrogens with zero attached hydrogens (tertiary/aromatic N) is 2. The van der Waals surface area contributed by atoms with Crippen molar-refractivity contribution < 1.29 is 4.74 Å². The van der Waals surface area contributed by atoms with Crippen molar-refractivity contribution in [1.29, 1.82) is 0 Å². The van der Waals surface area contributed by atoms with E-state index in [2.05, 4.69) is 14.8 Å². The van der Waals surface area contributed by atoms with E-state index in [0.717, 1.165) is 18.1 Å². The van der Waals surface area contributed by atoms with Crippen molar-refractivity contribution in [1.82, 2.24) is 9.97 Å². The Bertz CT molecular complexity index is 642. The fourth-order valence-corrected chi connectivity index (χ4v) is 3.05. The summed E-state index contributed by atoms with van der Waals surface area (Å²) in [7, 11) is 0. The van der Waals surface area contributed by atoms with Crippen LogP contribution in [0.3, 0.4) is 0 Å². The van der Waals surface area contributed by atoms with E-state index < -0.39 is 0 Å². The van der Waals surface area contributed by atoms with E-state index in [1.807, 2.05) is 24.4 Å². The van der Waals surface area contributed by atoms with Gasteiger partial charge in [0.2, 0.25) is 0 Å². The van der Waals surface area contributed by atoms with Crippen LogP contribution in [0.4, 0.5) is 5.69 Å². The summed E-state index contributed by atoms with van der Waals surface area (Å²) < 4.78 is 5.76. The average Bonchev–Trinajstić information content (AvgIpc) is 2.91. The molecule has 1 aliphatic heterocycles. The summed E-state index contributed by atoms with van der Waals surface area (Å²) >= 11 is 0. The zero-order chi connectivity index (χ0) is 12.1. The van der Waals surface area contributed by atoms with Crippen molar-refractivity contribution >= 4 is 5.69 Å². The Balaban J connectivity index is 1.76. The molecule has 18 heavy (non-hydrogen) atoms. The number of hydrogen-bond acceptors (Lipinski definition) is 2. The number of fused-ring (bicyclic) bond motifs is 3. The highest BCUT2D eigenvalue weighted by molar-refractivity contribution is 5.57. The molecule has 1 aromatic carbocycles. The van der Waals surface area contributed by atoms with Crippen molar-refractivity contribution in [2.24, 2.45) is 5.92 Å². The highest BCUT2D eigenvalue weighted by atomic mass is 16.5. The van der Waals surface area contributed by atoms with Gasteiger partial charge in [0.1, 0.15) is 5.75 Å². The molecule has 0 saturated heterocycles. The Morgan fingerprint density at radius 1 is 1.39 bits per heavy atom. The maximum absolute atomic E-state index is 7.10. The zero-order valence-electron chi connectivity index (χ0n) is 9.63. The molecule has 1 aromatic heterocycles. The topological polar surface area (TPSA) is 42.3 Å². The first kappa shape index (κ1) is 9.72. The van der Waals surface area contributed by atoms with Gasteiger partial charge in [0.25, 0.3) is 0 Å². The predicted molar refractivity (Wildman–Crippen MR) is 65.8 cm³/mol. The first-order chi connectivity index (χ1) is 8.88. The summed E-state index contributed by atoms with van der Waals surface area (Å²) in [5.74, 6) is 2.36. The molecule has 0 bridgehead atoms. The van der Waals surface area contributed by atoms with Crippen molar-refractivity contribution in [2.45, 2.75) is 11.8 Å². The van der Waals surface area contributed by atoms with Gasteiger partial charge in [-0.05, 0) is 17.7 Å². The van der Waals surface area contributed by atoms with Crippen LogP contribution in [-0.4, -0.2) is 16.6 Å². The summed E-state index contributed by atoms with van der Waals surface area (Å²) in [6, 6.07) is 5.70. The van der Waals surface area contributed by atoms with Crippen molar-refractivity contribution in [3.8, 4) is 5.75 Å². The number of hydrogen-bond donors (Lipinski definition) is 1. The molecule has 2 heterocycles. The summed E-state index contributed by atoms with van der Waals surface area (Å²) in [6.07, 6.45) is 3.68. The van der Waals surface area contributed by atoms with Gasteiger partial charge in [-0.3, -0.25) is 0 Å². The summed E-state index contributed by atoms with van der Waals surface area (Å²) in [6.45, 7) is 7.85. The van der Waals surface area contributed by atoms with Crippen LogP contribution in [0.2, 0.25) is 0 Å². The minimum absolute atomic E-state index is 0.443. The Morgan fingerprint density at radius 3 is 3.11 bits per heavy atom. The summed E-state index contributed by atoms with van der Waals surface area (Å²) in [4.78, 5) is 10.8. The monoisotopic (exact) mass is 237 g/mol. The van der Waals surface area contributed by atoms with E-state index in [1.54, 1.807) is 6.33 Å². The highest BCUT2D eigenvalue weighted by Gasteiger charge is 2.56. The molecule has 0 amide bonds. The molecule has 4 heteroatoms. The second-order valence-corrected chi connectivity index (χ2v) is 4.85. The van der Waals surface area contributed by atoms with Gasteiger partial charge < -0.3 is 9.72 Å². The van der Waals surface area contributed by atoms with Crippen molar-refractivity contribution in [2.75, 3.05) is 6.61 Å². The fraction of sp³-hybridized carbons (Fsp3) is 0.286. The lowest BCUT2D eigenvalue weighted by Gasteiger charge is -2.16. The quantitative estimate of drug-likeness (QED) is 0.775. The summed E-state index contributed by atoms with van der Waals surface area (Å²) in [5.41, 5.74) is 2.97. The Labute approximate surface area is 104 Å². The van der Waals surface area contributed by atoms with Crippen LogP contribution in [0, 0.1) is 12.5 Å². The van der Waals surface area contributed by atoms with E-state index in [0.29, 0.717) is 23.4 Å². The van der Waals surface area contributed by atoms with Crippen LogP contribution in [0.5, 0.6) is 5.75 Å². The van der Waals surface area contributed by atoms with E-state index in [4.69, 9.17) is 11.3 Å². The van der Waals surface area contributed by atoms with E-state index in [-0.39, 0.29) is 0 Å². The molecule has 4 nitrogen and oxygen atoms in total. The Kier molecular flexibility index (Phi) is 1.81. The minimum atomic E-state index is 0.443. The predicted octanol–water partition coefficient (Wildman–Crippen LogP) is 2.85. The Morgan fingerprint density at radius 2 is 2.33 bits per heavy atom. The lowest BCUT2D eigenvalue weighted by molar-refractivity contribution is 0.277. The number of nitrogens with one attached hydrogen (secondary N) is 1. The van der Waals surface area contributed by atoms with Crippen molar-refractivity contribution in [3.05, 3.63) is 53.4 Å². The lowest BCUT2D eigenvalue weighted by Crippen LogP contribution is -2.07. The molecule has 3 atom stereocenters. The molecule has 0 spiro atoms. The van der Waals surface area contributed by atoms with Gasteiger partial charge in [-0.1, -0.05) is 6.07 Å². The third kappa shape index (κ3) is 1.22. The molecule has 1 N–H and O–H groups in total. The molecule has 4 rings (SSSR count). The fourth-order valence-electron chi connectivity index (χ4n) is 3.05. The van der Waals surface area contributed by atoms with E-state index >= 15 is 0 Å². The van der Waals surface area contributed by atoms with Gasteiger partial charge >= 0.3 is 0 Å². The second kappa shape index (κ2) is 3.36. The van der Waals surface area contributed by atoms with E-state index in [1.165, 1.54) is 5.56 Å². The first-order valence-corrected chi connectivity index (χ1v) is 6.01. The maximum atomic E-state index is 7.10. The third-order valence-electron chi connectivity index (χ3n) is 3.94. The molecule has 1 saturated carbocycles. The van der Waals surface area contributed by atoms with Gasteiger partial charge in [0.15, 0.2) is 5.69 Å². The number of benzene rings is 1. The van der Waals surface area contributed by atoms with Crippen LogP contribution in [-0.2, 0) is 0 Å². The molecule has 0 unspecified atom stereocenters. The zero-order valence-corrected chi connectivity index (χ0v) is 9.63. The molecule has 2 aliphatic rings. The van der Waals surface area contributed by atoms with Crippen molar-refractivity contribution in [3.63, 3.8) is 0 Å². The highest BCUT2D eigenvalue weighted by Crippen LogP contribution is 2.64. The molecular weight excluding hydrogens is 226 g/mol. The Hall–Kier alpha value is -2.28. The minimum Gasteiger partial charge on any atom is -0.493 e. The van der Waals surface area contributed by atoms with Crippen LogP contribution in [0.15, 0.2) is 30.7 Å². The molecule has 88 valence electrons. The molecule has 1 fully saturated rings. The number of rotatable bonds is 1. The van der Waals surface area contributed by atoms with E-state index in [9.17, 15) is 0 Å². The van der Waals surface area contributed by atoms with Crippen LogP contribution in [0.1, 0.15) is 23.1 Å². The summed E-state index contributed by atoms with van der Waals surface area (Å²) in [5, 5.41) is 0. The lowest BCUT2D eigenvalue weighted by atomic mass is 10.0. The van der Waals surface area contributed by atoms with Gasteiger partial charge in [-0.25, -0.2) is 9.83 Å². The number of imidazole rings is 1. The number of ether oxygens (including phenoxy) is 1. The average molecular weight is 237 g/mol. The normalized spacial score (nSPS) is 27.6. The number of H-pyrrole nitrogens is 1. The van der Waals surface area contributed by atoms with Gasteiger partial charge in [-0.2, -0.15) is 0 Å². The molecule has 0 radical (unpaired) electrons. The van der Waals surface area contributed by atoms with Crippen LogP contribution < -0.4 is 4.74 Å². The largest absolute Gasteiger partial charge is 0.493 e. The van der Waals surface area contributed by atoms with Crippen LogP contribution in [0.25, 0.3) is 4.85 Å². The standard InChI is InChI=1S/C14H11N3O/c1-15-8-2-3-12-9(4-8)13-10(6-18-12)14(13)11-5-16-7-17-11/h2-5,7,10,13-14H,6H2,(H,16,17)/t10-,13+,14-/m0/s1. The number of aromatic amines is 1. The molecule has 2 aromatic rings. The second-order valence-electron chi connectivity index (χ2n) is 4.85. The number of aromatic nitrogens is 2. The molecule has 1 aliphatic carbocycles. The molecular formula is C14H11N3O. The third-order valence-corrected chi connectivity index (χ3v) is 3.94. The van der Waals surface area contributed by atoms with Gasteiger partial charge in [0, 0.05) is 24.0 Å². The van der Waals surface area contributed by atoms with Gasteiger partial charge in [0.05, 0.1) is 25.2 Å². The first-order valence-electron chi connectivity index (χ1n) is 6.01.